The Bertz CT molecular complexity index is 958. The van der Waals surface area contributed by atoms with Gasteiger partial charge < -0.3 is 4.74 Å². The van der Waals surface area contributed by atoms with Crippen LogP contribution in [-0.4, -0.2) is 15.2 Å². The summed E-state index contributed by atoms with van der Waals surface area (Å²) in [7, 11) is -0.401. The van der Waals surface area contributed by atoms with Gasteiger partial charge in [-0.1, -0.05) is 100 Å². The van der Waals surface area contributed by atoms with Crippen molar-refractivity contribution in [3.05, 3.63) is 53.8 Å². The largest absolute Gasteiger partial charge is 0.573 e. The number of halogens is 4. The summed E-state index contributed by atoms with van der Waals surface area (Å²) in [6.07, 6.45) is 10.3. The Morgan fingerprint density at radius 2 is 1.43 bits per heavy atom. The number of benzene rings is 2. The minimum Gasteiger partial charge on any atom is -0.403 e. The van der Waals surface area contributed by atoms with Crippen molar-refractivity contribution in [2.45, 2.75) is 108 Å². The highest BCUT2D eigenvalue weighted by atomic mass is 28.3. The average Bonchev–Trinajstić information content (AvgIpc) is 2.89. The highest BCUT2D eigenvalue weighted by molar-refractivity contribution is 6.58. The van der Waals surface area contributed by atoms with E-state index in [4.69, 9.17) is 0 Å². The molecule has 0 N–H and O–H groups in total. The van der Waals surface area contributed by atoms with Crippen LogP contribution in [0, 0.1) is 17.7 Å². The predicted molar refractivity (Wildman–Crippen MR) is 146 cm³/mol. The molecule has 6 heteroatoms. The molecule has 1 nitrogen and oxygen atoms in total. The molecule has 4 rings (SSSR count). The van der Waals surface area contributed by atoms with Gasteiger partial charge in [-0.25, -0.2) is 4.39 Å². The Hall–Kier alpha value is -1.82. The Kier molecular flexibility index (Phi) is 10.1. The van der Waals surface area contributed by atoms with E-state index in [0.717, 1.165) is 29.5 Å². The monoisotopic (exact) mass is 534 g/mol. The molecule has 2 aliphatic rings. The Morgan fingerprint density at radius 1 is 0.811 bits per heavy atom. The van der Waals surface area contributed by atoms with Crippen molar-refractivity contribution in [3.63, 3.8) is 0 Å². The zero-order valence-electron chi connectivity index (χ0n) is 22.2. The Labute approximate surface area is 221 Å². The predicted octanol–water partition coefficient (Wildman–Crippen LogP) is 10.3. The highest BCUT2D eigenvalue weighted by Gasteiger charge is 2.32. The van der Waals surface area contributed by atoms with Gasteiger partial charge in [-0.15, -0.1) is 13.2 Å². The van der Waals surface area contributed by atoms with Crippen LogP contribution in [0.2, 0.25) is 18.1 Å². The highest BCUT2D eigenvalue weighted by Crippen LogP contribution is 2.40. The number of ether oxygens (including phenoxy) is 1. The van der Waals surface area contributed by atoms with Crippen molar-refractivity contribution in [1.29, 1.82) is 0 Å². The van der Waals surface area contributed by atoms with Gasteiger partial charge in [0.1, 0.15) is 0 Å². The van der Waals surface area contributed by atoms with E-state index in [9.17, 15) is 17.6 Å². The number of hydrogen-bond donors (Lipinski definition) is 0. The van der Waals surface area contributed by atoms with Crippen LogP contribution in [0.5, 0.6) is 5.75 Å². The van der Waals surface area contributed by atoms with Crippen molar-refractivity contribution in [2.24, 2.45) is 11.8 Å². The molecule has 1 heterocycles. The van der Waals surface area contributed by atoms with E-state index in [0.29, 0.717) is 11.5 Å². The maximum absolute atomic E-state index is 14.1. The fourth-order valence-corrected chi connectivity index (χ4v) is 10.2. The summed E-state index contributed by atoms with van der Waals surface area (Å²) in [4.78, 5) is 0. The Morgan fingerprint density at radius 3 is 2.03 bits per heavy atom. The molecule has 2 aromatic rings. The van der Waals surface area contributed by atoms with Crippen LogP contribution in [-0.2, 0) is 0 Å². The second kappa shape index (κ2) is 13.3. The summed E-state index contributed by atoms with van der Waals surface area (Å²) >= 11 is 0. The summed E-state index contributed by atoms with van der Waals surface area (Å²) in [5.74, 6) is 0.602. The van der Waals surface area contributed by atoms with E-state index in [1.165, 1.54) is 82.3 Å². The molecular weight excluding hydrogens is 492 g/mol. The van der Waals surface area contributed by atoms with Crippen LogP contribution in [0.3, 0.4) is 0 Å². The molecule has 37 heavy (non-hydrogen) atoms. The van der Waals surface area contributed by atoms with Gasteiger partial charge in [0.2, 0.25) is 0 Å². The molecule has 0 bridgehead atoms. The van der Waals surface area contributed by atoms with Crippen molar-refractivity contribution in [2.75, 3.05) is 0 Å². The Balaban J connectivity index is 1.20. The second-order valence-corrected chi connectivity index (χ2v) is 15.0. The van der Waals surface area contributed by atoms with Gasteiger partial charge in [-0.2, -0.15) is 0 Å². The summed E-state index contributed by atoms with van der Waals surface area (Å²) in [6, 6.07) is 16.5. The van der Waals surface area contributed by atoms with Gasteiger partial charge in [0.15, 0.2) is 11.6 Å². The second-order valence-electron chi connectivity index (χ2n) is 11.5. The van der Waals surface area contributed by atoms with Crippen LogP contribution in [0.1, 0.15) is 89.0 Å². The minimum atomic E-state index is -4.91. The molecular formula is C31H42F4OSi. The normalized spacial score (nSPS) is 24.7. The molecule has 0 radical (unpaired) electrons. The zero-order valence-corrected chi connectivity index (χ0v) is 23.3. The molecule has 1 saturated carbocycles. The first-order valence-corrected chi connectivity index (χ1v) is 16.9. The molecule has 1 saturated heterocycles. The molecule has 0 atom stereocenters. The van der Waals surface area contributed by atoms with Crippen LogP contribution < -0.4 is 4.74 Å². The molecule has 0 amide bonds. The van der Waals surface area contributed by atoms with E-state index in [1.54, 1.807) is 18.1 Å². The van der Waals surface area contributed by atoms with E-state index < -0.39 is 26.7 Å². The lowest BCUT2D eigenvalue weighted by Crippen LogP contribution is -2.22. The van der Waals surface area contributed by atoms with Crippen molar-refractivity contribution < 1.29 is 22.3 Å². The lowest BCUT2D eigenvalue weighted by molar-refractivity contribution is -0.275. The summed E-state index contributed by atoms with van der Waals surface area (Å²) in [6.45, 7) is 2.30. The standard InChI is InChI=1S/C31H42F4OSi/c1-2-3-4-19-37-20-17-24(18-21-37)6-5-23-7-9-25(10-8-23)26-11-13-27(14-12-26)28-15-16-30(29(32)22-28)36-31(33,34)35/h11-16,22-25,37H,2-10,17-21H2,1H3. The van der Waals surface area contributed by atoms with Gasteiger partial charge >= 0.3 is 6.36 Å². The van der Waals surface area contributed by atoms with Crippen LogP contribution in [0.15, 0.2) is 42.5 Å². The maximum atomic E-state index is 14.1. The van der Waals surface area contributed by atoms with E-state index in [1.807, 2.05) is 12.1 Å². The SMILES string of the molecule is CCCCC[SiH]1CCC(CCC2CCC(c3ccc(-c4ccc(OC(F)(F)F)c(F)c4)cc3)CC2)CC1. The summed E-state index contributed by atoms with van der Waals surface area (Å²) in [5, 5.41) is 0. The maximum Gasteiger partial charge on any atom is 0.573 e. The molecule has 1 aliphatic heterocycles. The summed E-state index contributed by atoms with van der Waals surface area (Å²) in [5.41, 5.74) is 2.64. The molecule has 2 fully saturated rings. The van der Waals surface area contributed by atoms with E-state index >= 15 is 0 Å². The average molecular weight is 535 g/mol. The van der Waals surface area contributed by atoms with Crippen LogP contribution >= 0.6 is 0 Å². The third-order valence-electron chi connectivity index (χ3n) is 8.89. The lowest BCUT2D eigenvalue weighted by Gasteiger charge is -2.32. The third kappa shape index (κ3) is 8.59. The minimum absolute atomic E-state index is 0.401. The van der Waals surface area contributed by atoms with E-state index in [-0.39, 0.29) is 0 Å². The van der Waals surface area contributed by atoms with Crippen LogP contribution in [0.25, 0.3) is 11.1 Å². The van der Waals surface area contributed by atoms with Crippen molar-refractivity contribution >= 4 is 8.80 Å². The first-order chi connectivity index (χ1) is 17.8. The lowest BCUT2D eigenvalue weighted by atomic mass is 9.76. The first-order valence-electron chi connectivity index (χ1n) is 14.5. The smallest absolute Gasteiger partial charge is 0.403 e. The quantitative estimate of drug-likeness (QED) is 0.167. The molecule has 0 aromatic heterocycles. The van der Waals surface area contributed by atoms with Crippen molar-refractivity contribution in [1.82, 2.24) is 0 Å². The van der Waals surface area contributed by atoms with Gasteiger partial charge in [-0.3, -0.25) is 0 Å². The fraction of sp³-hybridized carbons (Fsp3) is 0.613. The first kappa shape index (κ1) is 28.2. The molecule has 2 aromatic carbocycles. The van der Waals surface area contributed by atoms with Gasteiger partial charge in [0.05, 0.1) is 0 Å². The van der Waals surface area contributed by atoms with E-state index in [2.05, 4.69) is 23.8 Å². The molecule has 0 spiro atoms. The van der Waals surface area contributed by atoms with Crippen molar-refractivity contribution in [3.8, 4) is 16.9 Å². The zero-order chi connectivity index (χ0) is 26.3. The van der Waals surface area contributed by atoms with Gasteiger partial charge in [0, 0.05) is 8.80 Å². The molecule has 1 aliphatic carbocycles. The van der Waals surface area contributed by atoms with Crippen LogP contribution in [0.4, 0.5) is 17.6 Å². The number of alkyl halides is 3. The van der Waals surface area contributed by atoms with Gasteiger partial charge in [-0.05, 0) is 72.3 Å². The fourth-order valence-electron chi connectivity index (χ4n) is 6.58. The number of unbranched alkanes of at least 4 members (excludes halogenated alkanes) is 2. The number of hydrogen-bond acceptors (Lipinski definition) is 1. The summed E-state index contributed by atoms with van der Waals surface area (Å²) < 4.78 is 55.0. The van der Waals surface area contributed by atoms with Gasteiger partial charge in [0.25, 0.3) is 0 Å². The molecule has 0 unspecified atom stereocenters. The topological polar surface area (TPSA) is 9.23 Å². The number of rotatable bonds is 10. The molecule has 204 valence electrons. The third-order valence-corrected chi connectivity index (χ3v) is 12.4.